The Morgan fingerprint density at radius 3 is 2.52 bits per heavy atom. The van der Waals surface area contributed by atoms with Gasteiger partial charge in [0.2, 0.25) is 5.91 Å². The van der Waals surface area contributed by atoms with Crippen LogP contribution in [0.3, 0.4) is 0 Å². The summed E-state index contributed by atoms with van der Waals surface area (Å²) in [6.45, 7) is 0. The molecular weight excluding hydrogens is 266 g/mol. The van der Waals surface area contributed by atoms with Crippen LogP contribution in [0.5, 0.6) is 11.5 Å². The van der Waals surface area contributed by atoms with Crippen LogP contribution in [0.4, 0.5) is 5.69 Å². The van der Waals surface area contributed by atoms with Crippen molar-refractivity contribution in [1.82, 2.24) is 0 Å². The number of nitrogens with one attached hydrogen (secondary N) is 1. The molecule has 4 nitrogen and oxygen atoms in total. The third-order valence-electron chi connectivity index (χ3n) is 4.17. The number of hydrogen-bond acceptors (Lipinski definition) is 3. The highest BCUT2D eigenvalue weighted by molar-refractivity contribution is 5.91. The summed E-state index contributed by atoms with van der Waals surface area (Å²) in [5, 5.41) is 2.93. The predicted molar refractivity (Wildman–Crippen MR) is 84.0 cm³/mol. The lowest BCUT2D eigenvalue weighted by Crippen LogP contribution is -2.14. The van der Waals surface area contributed by atoms with Crippen molar-refractivity contribution in [1.29, 1.82) is 0 Å². The van der Waals surface area contributed by atoms with Crippen LogP contribution in [-0.2, 0) is 4.79 Å². The zero-order valence-electron chi connectivity index (χ0n) is 13.0. The second-order valence-corrected chi connectivity index (χ2v) is 5.66. The van der Waals surface area contributed by atoms with Crippen LogP contribution in [0.25, 0.3) is 0 Å². The Kier molecular flexibility index (Phi) is 5.90. The molecule has 4 heteroatoms. The van der Waals surface area contributed by atoms with Gasteiger partial charge in [0.15, 0.2) is 11.5 Å². The lowest BCUT2D eigenvalue weighted by atomic mass is 9.86. The van der Waals surface area contributed by atoms with Gasteiger partial charge in [0.25, 0.3) is 0 Å². The number of ether oxygens (including phenoxy) is 2. The van der Waals surface area contributed by atoms with Crippen molar-refractivity contribution in [3.05, 3.63) is 18.2 Å². The first-order valence-corrected chi connectivity index (χ1v) is 7.75. The van der Waals surface area contributed by atoms with E-state index in [4.69, 9.17) is 9.47 Å². The third-order valence-corrected chi connectivity index (χ3v) is 4.17. The highest BCUT2D eigenvalue weighted by Gasteiger charge is 2.15. The van der Waals surface area contributed by atoms with E-state index in [1.807, 2.05) is 6.07 Å². The van der Waals surface area contributed by atoms with Gasteiger partial charge in [0, 0.05) is 18.2 Å². The molecule has 2 rings (SSSR count). The topological polar surface area (TPSA) is 47.6 Å². The Bertz CT molecular complexity index is 467. The second kappa shape index (κ2) is 7.91. The molecule has 1 aromatic rings. The third kappa shape index (κ3) is 4.66. The Morgan fingerprint density at radius 1 is 1.14 bits per heavy atom. The summed E-state index contributed by atoms with van der Waals surface area (Å²) in [7, 11) is 3.19. The molecule has 116 valence electrons. The van der Waals surface area contributed by atoms with Gasteiger partial charge in [-0.05, 0) is 24.5 Å². The van der Waals surface area contributed by atoms with Crippen LogP contribution in [0, 0.1) is 5.92 Å². The molecule has 0 heterocycles. The number of benzene rings is 1. The van der Waals surface area contributed by atoms with Crippen LogP contribution < -0.4 is 14.8 Å². The molecule has 0 atom stereocenters. The number of rotatable bonds is 6. The molecule has 1 fully saturated rings. The molecule has 1 aromatic carbocycles. The number of amides is 1. The molecule has 1 aliphatic carbocycles. The van der Waals surface area contributed by atoms with E-state index in [-0.39, 0.29) is 5.91 Å². The van der Waals surface area contributed by atoms with Gasteiger partial charge in [-0.15, -0.1) is 0 Å². The van der Waals surface area contributed by atoms with Crippen molar-refractivity contribution >= 4 is 11.6 Å². The molecule has 0 saturated heterocycles. The van der Waals surface area contributed by atoms with Crippen molar-refractivity contribution in [3.8, 4) is 11.5 Å². The van der Waals surface area contributed by atoms with Gasteiger partial charge in [0.1, 0.15) is 0 Å². The number of hydrogen-bond donors (Lipinski definition) is 1. The van der Waals surface area contributed by atoms with E-state index in [0.717, 1.165) is 18.0 Å². The minimum atomic E-state index is 0.0767. The summed E-state index contributed by atoms with van der Waals surface area (Å²) in [5.41, 5.74) is 0.751. The molecule has 1 aliphatic rings. The summed E-state index contributed by atoms with van der Waals surface area (Å²) >= 11 is 0. The van der Waals surface area contributed by atoms with E-state index in [0.29, 0.717) is 17.9 Å². The Hall–Kier alpha value is -1.71. The Balaban J connectivity index is 1.84. The van der Waals surface area contributed by atoms with Crippen LogP contribution in [0.2, 0.25) is 0 Å². The summed E-state index contributed by atoms with van der Waals surface area (Å²) in [4.78, 5) is 12.0. The van der Waals surface area contributed by atoms with Crippen LogP contribution in [0.1, 0.15) is 44.9 Å². The predicted octanol–water partition coefficient (Wildman–Crippen LogP) is 4.00. The molecule has 0 aromatic heterocycles. The first kappa shape index (κ1) is 15.7. The largest absolute Gasteiger partial charge is 0.493 e. The molecule has 0 spiro atoms. The van der Waals surface area contributed by atoms with E-state index < -0.39 is 0 Å². The minimum absolute atomic E-state index is 0.0767. The average Bonchev–Trinajstić information content (AvgIpc) is 2.53. The zero-order chi connectivity index (χ0) is 15.1. The first-order valence-electron chi connectivity index (χ1n) is 7.75. The van der Waals surface area contributed by atoms with Crippen LogP contribution in [0.15, 0.2) is 18.2 Å². The van der Waals surface area contributed by atoms with Gasteiger partial charge in [-0.1, -0.05) is 32.1 Å². The highest BCUT2D eigenvalue weighted by atomic mass is 16.5. The van der Waals surface area contributed by atoms with E-state index in [2.05, 4.69) is 5.32 Å². The summed E-state index contributed by atoms with van der Waals surface area (Å²) in [5.74, 6) is 2.10. The zero-order valence-corrected chi connectivity index (χ0v) is 13.0. The minimum Gasteiger partial charge on any atom is -0.493 e. The normalized spacial score (nSPS) is 15.5. The maximum Gasteiger partial charge on any atom is 0.224 e. The average molecular weight is 291 g/mol. The quantitative estimate of drug-likeness (QED) is 0.861. The van der Waals surface area contributed by atoms with Gasteiger partial charge < -0.3 is 14.8 Å². The number of carbonyl (C=O) groups excluding carboxylic acids is 1. The molecule has 21 heavy (non-hydrogen) atoms. The van der Waals surface area contributed by atoms with E-state index >= 15 is 0 Å². The lowest BCUT2D eigenvalue weighted by Gasteiger charge is -2.21. The number of carbonyl (C=O) groups is 1. The van der Waals surface area contributed by atoms with Crippen LogP contribution >= 0.6 is 0 Å². The van der Waals surface area contributed by atoms with E-state index in [1.54, 1.807) is 26.4 Å². The fraction of sp³-hybridized carbons (Fsp3) is 0.588. The molecule has 0 radical (unpaired) electrons. The van der Waals surface area contributed by atoms with Crippen molar-refractivity contribution in [2.24, 2.45) is 5.92 Å². The fourth-order valence-electron chi connectivity index (χ4n) is 2.95. The summed E-state index contributed by atoms with van der Waals surface area (Å²) < 4.78 is 10.4. The maximum atomic E-state index is 12.0. The van der Waals surface area contributed by atoms with Crippen molar-refractivity contribution in [2.45, 2.75) is 44.9 Å². The Morgan fingerprint density at radius 2 is 1.86 bits per heavy atom. The SMILES string of the molecule is COc1ccc(NC(=O)CCC2CCCCC2)cc1OC. The van der Waals surface area contributed by atoms with Crippen molar-refractivity contribution < 1.29 is 14.3 Å². The second-order valence-electron chi connectivity index (χ2n) is 5.66. The summed E-state index contributed by atoms with van der Waals surface area (Å²) in [6.07, 6.45) is 8.16. The molecule has 1 amide bonds. The van der Waals surface area contributed by atoms with Gasteiger partial charge in [-0.2, -0.15) is 0 Å². The van der Waals surface area contributed by atoms with Crippen molar-refractivity contribution in [3.63, 3.8) is 0 Å². The smallest absolute Gasteiger partial charge is 0.224 e. The molecular formula is C17H25NO3. The monoisotopic (exact) mass is 291 g/mol. The Labute approximate surface area is 126 Å². The van der Waals surface area contributed by atoms with Gasteiger partial charge >= 0.3 is 0 Å². The van der Waals surface area contributed by atoms with Gasteiger partial charge in [-0.25, -0.2) is 0 Å². The number of methoxy groups -OCH3 is 2. The summed E-state index contributed by atoms with van der Waals surface area (Å²) in [6, 6.07) is 5.42. The highest BCUT2D eigenvalue weighted by Crippen LogP contribution is 2.30. The fourth-order valence-corrected chi connectivity index (χ4v) is 2.95. The molecule has 0 unspecified atom stereocenters. The van der Waals surface area contributed by atoms with Crippen LogP contribution in [-0.4, -0.2) is 20.1 Å². The molecule has 1 saturated carbocycles. The number of anilines is 1. The standard InChI is InChI=1S/C17H25NO3/c1-20-15-10-9-14(12-16(15)21-2)18-17(19)11-8-13-6-4-3-5-7-13/h9-10,12-13H,3-8,11H2,1-2H3,(H,18,19). The van der Waals surface area contributed by atoms with E-state index in [1.165, 1.54) is 32.1 Å². The first-order chi connectivity index (χ1) is 10.2. The van der Waals surface area contributed by atoms with E-state index in [9.17, 15) is 4.79 Å². The molecule has 0 bridgehead atoms. The van der Waals surface area contributed by atoms with Crippen molar-refractivity contribution in [2.75, 3.05) is 19.5 Å². The van der Waals surface area contributed by atoms with Gasteiger partial charge in [0.05, 0.1) is 14.2 Å². The molecule has 0 aliphatic heterocycles. The lowest BCUT2D eigenvalue weighted by molar-refractivity contribution is -0.116. The molecule has 1 N–H and O–H groups in total. The maximum absolute atomic E-state index is 12.0. The van der Waals surface area contributed by atoms with Gasteiger partial charge in [-0.3, -0.25) is 4.79 Å².